The topological polar surface area (TPSA) is 133 Å². The molecule has 0 saturated heterocycles. The van der Waals surface area contributed by atoms with Gasteiger partial charge in [0.1, 0.15) is 5.75 Å². The van der Waals surface area contributed by atoms with Gasteiger partial charge in [-0.2, -0.15) is 13.6 Å². The van der Waals surface area contributed by atoms with Gasteiger partial charge in [0.15, 0.2) is 0 Å². The van der Waals surface area contributed by atoms with Crippen LogP contribution in [-0.2, 0) is 26.9 Å². The van der Waals surface area contributed by atoms with E-state index in [2.05, 4.69) is 4.18 Å². The van der Waals surface area contributed by atoms with Crippen LogP contribution < -0.4 is 19.4 Å². The molecule has 0 atom stereocenters. The van der Waals surface area contributed by atoms with Crippen LogP contribution in [0.25, 0.3) is 0 Å². The Kier molecular flexibility index (Phi) is 5.02. The first-order valence-corrected chi connectivity index (χ1v) is 10.0. The molecule has 130 valence electrons. The smallest absolute Gasteiger partial charge is 0.380 e. The first-order valence-electron chi connectivity index (χ1n) is 6.69. The second kappa shape index (κ2) is 6.67. The number of nitrogen functional groups attached to an aromatic ring is 1. The third-order valence-electron chi connectivity index (χ3n) is 3.04. The highest BCUT2D eigenvalue weighted by atomic mass is 32.2. The standard InChI is InChI=1S/C14H17N3O5S2/c1-23(18,19)17(13-6-4-12(15)5-7-13)10-11-2-8-14(9-3-11)22-24(16,20)21/h2-9H,10,15H2,1H3,(H2,16,20,21). The Hall–Kier alpha value is -2.30. The predicted octanol–water partition coefficient (Wildman–Crippen LogP) is 0.817. The van der Waals surface area contributed by atoms with E-state index in [4.69, 9.17) is 10.9 Å². The predicted molar refractivity (Wildman–Crippen MR) is 92.1 cm³/mol. The van der Waals surface area contributed by atoms with Crippen LogP contribution in [0.1, 0.15) is 5.56 Å². The molecular weight excluding hydrogens is 354 g/mol. The summed E-state index contributed by atoms with van der Waals surface area (Å²) in [5, 5.41) is 4.78. The average molecular weight is 371 g/mol. The number of nitrogens with zero attached hydrogens (tertiary/aromatic N) is 1. The highest BCUT2D eigenvalue weighted by Gasteiger charge is 2.18. The van der Waals surface area contributed by atoms with Crippen molar-refractivity contribution in [3.05, 3.63) is 54.1 Å². The minimum absolute atomic E-state index is 0.0413. The number of hydrogen-bond donors (Lipinski definition) is 2. The lowest BCUT2D eigenvalue weighted by Gasteiger charge is -2.22. The zero-order chi connectivity index (χ0) is 18.0. The Morgan fingerprint density at radius 2 is 1.50 bits per heavy atom. The molecule has 0 radical (unpaired) electrons. The fraction of sp³-hybridized carbons (Fsp3) is 0.143. The third-order valence-corrected chi connectivity index (χ3v) is 4.61. The van der Waals surface area contributed by atoms with Gasteiger partial charge in [-0.05, 0) is 42.0 Å². The van der Waals surface area contributed by atoms with E-state index in [0.717, 1.165) is 6.26 Å². The third kappa shape index (κ3) is 5.11. The van der Waals surface area contributed by atoms with E-state index in [-0.39, 0.29) is 12.3 Å². The van der Waals surface area contributed by atoms with E-state index < -0.39 is 20.3 Å². The lowest BCUT2D eigenvalue weighted by Crippen LogP contribution is -2.29. The van der Waals surface area contributed by atoms with Crippen LogP contribution in [-0.4, -0.2) is 23.1 Å². The van der Waals surface area contributed by atoms with Gasteiger partial charge >= 0.3 is 10.3 Å². The molecule has 0 aliphatic rings. The van der Waals surface area contributed by atoms with Crippen molar-refractivity contribution < 1.29 is 21.0 Å². The van der Waals surface area contributed by atoms with Gasteiger partial charge in [-0.3, -0.25) is 4.31 Å². The van der Waals surface area contributed by atoms with Gasteiger partial charge < -0.3 is 9.92 Å². The van der Waals surface area contributed by atoms with Crippen LogP contribution >= 0.6 is 0 Å². The van der Waals surface area contributed by atoms with E-state index in [1.165, 1.54) is 16.4 Å². The molecule has 2 aromatic carbocycles. The lowest BCUT2D eigenvalue weighted by atomic mass is 10.2. The summed E-state index contributed by atoms with van der Waals surface area (Å²) in [6.07, 6.45) is 1.10. The number of anilines is 2. The summed E-state index contributed by atoms with van der Waals surface area (Å²) in [6.45, 7) is 0.0679. The molecule has 0 fully saturated rings. The Morgan fingerprint density at radius 3 is 1.96 bits per heavy atom. The number of hydrogen-bond acceptors (Lipinski definition) is 6. The molecule has 4 N–H and O–H groups in total. The maximum atomic E-state index is 12.0. The maximum absolute atomic E-state index is 12.0. The molecule has 10 heteroatoms. The SMILES string of the molecule is CS(=O)(=O)N(Cc1ccc(OS(N)(=O)=O)cc1)c1ccc(N)cc1. The van der Waals surface area contributed by atoms with Gasteiger partial charge in [-0.1, -0.05) is 12.1 Å². The summed E-state index contributed by atoms with van der Waals surface area (Å²) in [6, 6.07) is 12.3. The van der Waals surface area contributed by atoms with E-state index in [1.807, 2.05) is 0 Å². The first kappa shape index (κ1) is 18.0. The van der Waals surface area contributed by atoms with Crippen LogP contribution in [0.4, 0.5) is 11.4 Å². The molecule has 2 rings (SSSR count). The van der Waals surface area contributed by atoms with E-state index >= 15 is 0 Å². The molecule has 0 amide bonds. The van der Waals surface area contributed by atoms with Crippen molar-refractivity contribution in [2.24, 2.45) is 5.14 Å². The molecule has 0 spiro atoms. The number of nitrogens with two attached hydrogens (primary N) is 2. The summed E-state index contributed by atoms with van der Waals surface area (Å²) in [5.41, 5.74) is 7.25. The Morgan fingerprint density at radius 1 is 0.958 bits per heavy atom. The monoisotopic (exact) mass is 371 g/mol. The quantitative estimate of drug-likeness (QED) is 0.722. The van der Waals surface area contributed by atoms with Gasteiger partial charge in [0, 0.05) is 5.69 Å². The summed E-state index contributed by atoms with van der Waals surface area (Å²) in [4.78, 5) is 0. The molecule has 0 bridgehead atoms. The second-order valence-corrected chi connectivity index (χ2v) is 8.14. The van der Waals surface area contributed by atoms with Crippen LogP contribution in [0.15, 0.2) is 48.5 Å². The highest BCUT2D eigenvalue weighted by molar-refractivity contribution is 7.92. The fourth-order valence-corrected chi connectivity index (χ4v) is 3.26. The van der Waals surface area contributed by atoms with Crippen LogP contribution in [0.5, 0.6) is 5.75 Å². The number of benzene rings is 2. The largest absolute Gasteiger partial charge is 0.399 e. The molecule has 0 heterocycles. The molecule has 8 nitrogen and oxygen atoms in total. The van der Waals surface area contributed by atoms with Crippen molar-refractivity contribution in [1.29, 1.82) is 0 Å². The maximum Gasteiger partial charge on any atom is 0.380 e. The zero-order valence-electron chi connectivity index (χ0n) is 12.8. The summed E-state index contributed by atoms with van der Waals surface area (Å²) < 4.78 is 51.6. The summed E-state index contributed by atoms with van der Waals surface area (Å²) >= 11 is 0. The lowest BCUT2D eigenvalue weighted by molar-refractivity contribution is 0.487. The highest BCUT2D eigenvalue weighted by Crippen LogP contribution is 2.23. The number of rotatable bonds is 6. The fourth-order valence-electron chi connectivity index (χ4n) is 1.99. The van der Waals surface area contributed by atoms with Crippen LogP contribution in [0.2, 0.25) is 0 Å². The van der Waals surface area contributed by atoms with Gasteiger partial charge in [-0.15, -0.1) is 0 Å². The molecule has 0 unspecified atom stereocenters. The van der Waals surface area contributed by atoms with E-state index in [9.17, 15) is 16.8 Å². The Labute approximate surface area is 141 Å². The zero-order valence-corrected chi connectivity index (χ0v) is 14.4. The van der Waals surface area contributed by atoms with Crippen molar-refractivity contribution in [2.75, 3.05) is 16.3 Å². The van der Waals surface area contributed by atoms with Crippen molar-refractivity contribution in [3.63, 3.8) is 0 Å². The van der Waals surface area contributed by atoms with Gasteiger partial charge in [0.05, 0.1) is 18.5 Å². The van der Waals surface area contributed by atoms with Gasteiger partial charge in [-0.25, -0.2) is 8.42 Å². The van der Waals surface area contributed by atoms with Crippen molar-refractivity contribution in [2.45, 2.75) is 6.54 Å². The summed E-state index contributed by atoms with van der Waals surface area (Å²) in [7, 11) is -7.62. The molecule has 0 aliphatic heterocycles. The molecule has 0 saturated carbocycles. The van der Waals surface area contributed by atoms with E-state index in [0.29, 0.717) is 16.9 Å². The molecular formula is C14H17N3O5S2. The normalized spacial score (nSPS) is 11.9. The first-order chi connectivity index (χ1) is 11.0. The Balaban J connectivity index is 2.26. The molecule has 0 aliphatic carbocycles. The van der Waals surface area contributed by atoms with E-state index in [1.54, 1.807) is 36.4 Å². The summed E-state index contributed by atoms with van der Waals surface area (Å²) in [5.74, 6) is 0.0413. The molecule has 2 aromatic rings. The van der Waals surface area contributed by atoms with Crippen molar-refractivity contribution in [3.8, 4) is 5.75 Å². The minimum Gasteiger partial charge on any atom is -0.399 e. The van der Waals surface area contributed by atoms with Crippen LogP contribution in [0.3, 0.4) is 0 Å². The average Bonchev–Trinajstić information content (AvgIpc) is 2.45. The van der Waals surface area contributed by atoms with Gasteiger partial charge in [0.25, 0.3) is 0 Å². The van der Waals surface area contributed by atoms with Gasteiger partial charge in [0.2, 0.25) is 10.0 Å². The van der Waals surface area contributed by atoms with Crippen molar-refractivity contribution in [1.82, 2.24) is 0 Å². The second-order valence-electron chi connectivity index (χ2n) is 5.08. The molecule has 24 heavy (non-hydrogen) atoms. The molecule has 0 aromatic heterocycles. The number of sulfonamides is 1. The minimum atomic E-state index is -4.10. The Bertz CT molecular complexity index is 908. The van der Waals surface area contributed by atoms with Crippen LogP contribution in [0, 0.1) is 0 Å². The van der Waals surface area contributed by atoms with Crippen molar-refractivity contribution >= 4 is 31.7 Å².